The van der Waals surface area contributed by atoms with Crippen molar-refractivity contribution < 1.29 is 14.3 Å². The molecule has 0 aliphatic rings. The van der Waals surface area contributed by atoms with Gasteiger partial charge in [0.15, 0.2) is 11.5 Å². The number of nitrogens with one attached hydrogen (secondary N) is 1. The SMILES string of the molecule is CCOc1c(I)cc(/C=N\NC(=O)c2cccc(I)c2)cc1OC. The second-order valence-electron chi connectivity index (χ2n) is 4.68. The molecule has 1 N–H and O–H groups in total. The van der Waals surface area contributed by atoms with E-state index in [9.17, 15) is 4.79 Å². The highest BCUT2D eigenvalue weighted by molar-refractivity contribution is 14.1. The number of carbonyl (C=O) groups is 1. The van der Waals surface area contributed by atoms with Crippen molar-refractivity contribution in [2.75, 3.05) is 13.7 Å². The lowest BCUT2D eigenvalue weighted by Gasteiger charge is -2.12. The molecule has 0 bridgehead atoms. The zero-order chi connectivity index (χ0) is 17.5. The molecule has 0 aliphatic heterocycles. The quantitative estimate of drug-likeness (QED) is 0.336. The van der Waals surface area contributed by atoms with E-state index in [1.165, 1.54) is 0 Å². The summed E-state index contributed by atoms with van der Waals surface area (Å²) in [4.78, 5) is 12.0. The fourth-order valence-electron chi connectivity index (χ4n) is 1.96. The van der Waals surface area contributed by atoms with Gasteiger partial charge in [0.1, 0.15) is 0 Å². The average Bonchev–Trinajstić information content (AvgIpc) is 2.57. The predicted octanol–water partition coefficient (Wildman–Crippen LogP) is 4.07. The first kappa shape index (κ1) is 19.0. The number of nitrogens with zero attached hydrogens (tertiary/aromatic N) is 1. The van der Waals surface area contributed by atoms with Crippen LogP contribution in [0.4, 0.5) is 0 Å². The van der Waals surface area contributed by atoms with Crippen LogP contribution in [0.1, 0.15) is 22.8 Å². The van der Waals surface area contributed by atoms with Gasteiger partial charge in [-0.05, 0) is 88.0 Å². The molecule has 5 nitrogen and oxygen atoms in total. The summed E-state index contributed by atoms with van der Waals surface area (Å²) in [6, 6.07) is 11.0. The molecule has 0 spiro atoms. The first-order chi connectivity index (χ1) is 11.5. The van der Waals surface area contributed by atoms with Gasteiger partial charge in [0.25, 0.3) is 5.91 Å². The Hall–Kier alpha value is -1.36. The number of hydrogen-bond acceptors (Lipinski definition) is 4. The first-order valence-corrected chi connectivity index (χ1v) is 9.30. The molecule has 2 aromatic rings. The maximum atomic E-state index is 12.0. The fourth-order valence-corrected chi connectivity index (χ4v) is 3.28. The third-order valence-corrected chi connectivity index (χ3v) is 4.48. The van der Waals surface area contributed by atoms with Crippen LogP contribution >= 0.6 is 45.2 Å². The Morgan fingerprint density at radius 1 is 1.29 bits per heavy atom. The van der Waals surface area contributed by atoms with Crippen molar-refractivity contribution in [1.29, 1.82) is 0 Å². The standard InChI is InChI=1S/C17H16I2N2O3/c1-3-24-16-14(19)7-11(8-15(16)23-2)10-20-21-17(22)12-5-4-6-13(18)9-12/h4-10H,3H2,1-2H3,(H,21,22)/b20-10-. The number of hydrogen-bond donors (Lipinski definition) is 1. The molecule has 0 atom stereocenters. The van der Waals surface area contributed by atoms with E-state index < -0.39 is 0 Å². The average molecular weight is 550 g/mol. The molecule has 0 unspecified atom stereocenters. The minimum absolute atomic E-state index is 0.252. The highest BCUT2D eigenvalue weighted by Crippen LogP contribution is 2.33. The second-order valence-corrected chi connectivity index (χ2v) is 7.08. The summed E-state index contributed by atoms with van der Waals surface area (Å²) in [7, 11) is 1.59. The third-order valence-electron chi connectivity index (χ3n) is 3.01. The van der Waals surface area contributed by atoms with Gasteiger partial charge in [0, 0.05) is 9.13 Å². The Morgan fingerprint density at radius 3 is 2.75 bits per heavy atom. The van der Waals surface area contributed by atoms with Crippen LogP contribution in [0.2, 0.25) is 0 Å². The van der Waals surface area contributed by atoms with Gasteiger partial charge in [-0.15, -0.1) is 0 Å². The van der Waals surface area contributed by atoms with Crippen LogP contribution in [-0.2, 0) is 0 Å². The molecule has 0 saturated carbocycles. The smallest absolute Gasteiger partial charge is 0.271 e. The minimum atomic E-state index is -0.252. The summed E-state index contributed by atoms with van der Waals surface area (Å²) in [6.45, 7) is 2.48. The number of carbonyl (C=O) groups excluding carboxylic acids is 1. The molecule has 2 aromatic carbocycles. The van der Waals surface area contributed by atoms with Gasteiger partial charge >= 0.3 is 0 Å². The van der Waals surface area contributed by atoms with Crippen molar-refractivity contribution in [2.24, 2.45) is 5.10 Å². The predicted molar refractivity (Wildman–Crippen MR) is 111 cm³/mol. The zero-order valence-electron chi connectivity index (χ0n) is 13.2. The van der Waals surface area contributed by atoms with E-state index >= 15 is 0 Å². The Labute approximate surface area is 168 Å². The number of rotatable bonds is 6. The molecule has 0 radical (unpaired) electrons. The molecule has 0 heterocycles. The molecule has 0 aliphatic carbocycles. The largest absolute Gasteiger partial charge is 0.493 e. The normalized spacial score (nSPS) is 10.7. The van der Waals surface area contributed by atoms with Crippen molar-refractivity contribution in [3.05, 3.63) is 54.7 Å². The van der Waals surface area contributed by atoms with E-state index in [4.69, 9.17) is 9.47 Å². The molecule has 0 saturated heterocycles. The van der Waals surface area contributed by atoms with Crippen molar-refractivity contribution in [3.63, 3.8) is 0 Å². The van der Waals surface area contributed by atoms with E-state index in [1.54, 1.807) is 25.5 Å². The summed E-state index contributed by atoms with van der Waals surface area (Å²) >= 11 is 4.34. The van der Waals surface area contributed by atoms with E-state index in [2.05, 4.69) is 55.7 Å². The van der Waals surface area contributed by atoms with E-state index in [-0.39, 0.29) is 5.91 Å². The summed E-state index contributed by atoms with van der Waals surface area (Å²) in [5.41, 5.74) is 3.90. The Kier molecular flexibility index (Phi) is 7.28. The first-order valence-electron chi connectivity index (χ1n) is 7.14. The molecule has 0 fully saturated rings. The fraction of sp³-hybridized carbons (Fsp3) is 0.176. The van der Waals surface area contributed by atoms with Crippen LogP contribution in [-0.4, -0.2) is 25.8 Å². The maximum Gasteiger partial charge on any atom is 0.271 e. The minimum Gasteiger partial charge on any atom is -0.493 e. The van der Waals surface area contributed by atoms with Crippen LogP contribution in [0.25, 0.3) is 0 Å². The van der Waals surface area contributed by atoms with Crippen molar-refractivity contribution in [1.82, 2.24) is 5.43 Å². The lowest BCUT2D eigenvalue weighted by molar-refractivity contribution is 0.0955. The molecule has 2 rings (SSSR count). The topological polar surface area (TPSA) is 59.9 Å². The number of benzene rings is 2. The van der Waals surface area contributed by atoms with Gasteiger partial charge in [-0.25, -0.2) is 5.43 Å². The molecule has 1 amide bonds. The molecular formula is C17H16I2N2O3. The van der Waals surface area contributed by atoms with Crippen LogP contribution in [0, 0.1) is 7.14 Å². The van der Waals surface area contributed by atoms with E-state index in [0.29, 0.717) is 23.7 Å². The number of methoxy groups -OCH3 is 1. The van der Waals surface area contributed by atoms with E-state index in [0.717, 1.165) is 12.7 Å². The molecular weight excluding hydrogens is 534 g/mol. The Bertz CT molecular complexity index is 763. The summed E-state index contributed by atoms with van der Waals surface area (Å²) in [5, 5.41) is 4.01. The van der Waals surface area contributed by atoms with Crippen molar-refractivity contribution in [3.8, 4) is 11.5 Å². The maximum absolute atomic E-state index is 12.0. The van der Waals surface area contributed by atoms with Crippen LogP contribution < -0.4 is 14.9 Å². The lowest BCUT2D eigenvalue weighted by Crippen LogP contribution is -2.17. The highest BCUT2D eigenvalue weighted by Gasteiger charge is 2.10. The van der Waals surface area contributed by atoms with Gasteiger partial charge < -0.3 is 9.47 Å². The zero-order valence-corrected chi connectivity index (χ0v) is 17.5. The van der Waals surface area contributed by atoms with Gasteiger partial charge in [-0.2, -0.15) is 5.10 Å². The monoisotopic (exact) mass is 550 g/mol. The van der Waals surface area contributed by atoms with Crippen molar-refractivity contribution >= 4 is 57.3 Å². The number of ether oxygens (including phenoxy) is 2. The van der Waals surface area contributed by atoms with Crippen LogP contribution in [0.5, 0.6) is 11.5 Å². The second kappa shape index (κ2) is 9.21. The van der Waals surface area contributed by atoms with Gasteiger partial charge in [0.05, 0.1) is 23.5 Å². The van der Waals surface area contributed by atoms with Crippen molar-refractivity contribution in [2.45, 2.75) is 6.92 Å². The number of halogens is 2. The summed E-state index contributed by atoms with van der Waals surface area (Å²) in [6.07, 6.45) is 1.58. The molecule has 126 valence electrons. The molecule has 0 aromatic heterocycles. The number of amides is 1. The summed E-state index contributed by atoms with van der Waals surface area (Å²) in [5.74, 6) is 1.09. The number of hydrazone groups is 1. The van der Waals surface area contributed by atoms with Gasteiger partial charge in [-0.1, -0.05) is 6.07 Å². The van der Waals surface area contributed by atoms with Gasteiger partial charge in [0.2, 0.25) is 0 Å². The lowest BCUT2D eigenvalue weighted by atomic mass is 10.2. The Morgan fingerprint density at radius 2 is 2.08 bits per heavy atom. The molecule has 24 heavy (non-hydrogen) atoms. The van der Waals surface area contributed by atoms with E-state index in [1.807, 2.05) is 31.2 Å². The van der Waals surface area contributed by atoms with Crippen LogP contribution in [0.15, 0.2) is 41.5 Å². The highest BCUT2D eigenvalue weighted by atomic mass is 127. The Balaban J connectivity index is 2.11. The summed E-state index contributed by atoms with van der Waals surface area (Å²) < 4.78 is 12.8. The molecule has 7 heteroatoms. The van der Waals surface area contributed by atoms with Gasteiger partial charge in [-0.3, -0.25) is 4.79 Å². The van der Waals surface area contributed by atoms with Crippen LogP contribution in [0.3, 0.4) is 0 Å². The third kappa shape index (κ3) is 5.07.